The zero-order valence-corrected chi connectivity index (χ0v) is 12.5. The summed E-state index contributed by atoms with van der Waals surface area (Å²) < 4.78 is 0. The second kappa shape index (κ2) is 6.54. The fourth-order valence-corrected chi connectivity index (χ4v) is 2.92. The molecule has 1 aromatic carbocycles. The summed E-state index contributed by atoms with van der Waals surface area (Å²) in [5.41, 5.74) is 4.21. The average Bonchev–Trinajstić information content (AvgIpc) is 3.15. The van der Waals surface area contributed by atoms with Crippen molar-refractivity contribution in [3.63, 3.8) is 0 Å². The molecule has 3 rings (SSSR count). The van der Waals surface area contributed by atoms with Crippen LogP contribution in [0.3, 0.4) is 0 Å². The van der Waals surface area contributed by atoms with Gasteiger partial charge in [-0.25, -0.2) is 0 Å². The molecular formula is C16H17N3OS. The Hall–Kier alpha value is -2.14. The lowest BCUT2D eigenvalue weighted by Crippen LogP contribution is -2.21. The third kappa shape index (κ3) is 3.49. The maximum Gasteiger partial charge on any atom is 0.220 e. The summed E-state index contributed by atoms with van der Waals surface area (Å²) in [6.45, 7) is 0.580. The lowest BCUT2D eigenvalue weighted by Gasteiger charge is -2.03. The van der Waals surface area contributed by atoms with Crippen LogP contribution in [0.2, 0.25) is 0 Å². The van der Waals surface area contributed by atoms with Crippen LogP contribution in [0.15, 0.2) is 42.2 Å². The number of fused-ring (bicyclic) bond motifs is 1. The van der Waals surface area contributed by atoms with Crippen molar-refractivity contribution in [1.82, 2.24) is 15.3 Å². The largest absolute Gasteiger partial charge is 0.361 e. The predicted molar refractivity (Wildman–Crippen MR) is 85.2 cm³/mol. The number of hydrogen-bond donors (Lipinski definition) is 2. The van der Waals surface area contributed by atoms with E-state index in [1.54, 1.807) is 23.0 Å². The molecule has 0 fully saturated rings. The van der Waals surface area contributed by atoms with Crippen LogP contribution in [-0.4, -0.2) is 15.9 Å². The Morgan fingerprint density at radius 2 is 2.24 bits per heavy atom. The Morgan fingerprint density at radius 1 is 1.33 bits per heavy atom. The predicted octanol–water partition coefficient (Wildman–Crippen LogP) is 3.26. The van der Waals surface area contributed by atoms with Gasteiger partial charge in [-0.05, 0) is 24.5 Å². The number of carbonyl (C=O) groups is 1. The van der Waals surface area contributed by atoms with Crippen molar-refractivity contribution >= 4 is 28.1 Å². The molecule has 0 aliphatic heterocycles. The van der Waals surface area contributed by atoms with Crippen molar-refractivity contribution in [2.75, 3.05) is 0 Å². The van der Waals surface area contributed by atoms with Gasteiger partial charge in [-0.2, -0.15) is 0 Å². The van der Waals surface area contributed by atoms with Crippen LogP contribution in [0.5, 0.6) is 0 Å². The summed E-state index contributed by atoms with van der Waals surface area (Å²) in [6, 6.07) is 8.25. The van der Waals surface area contributed by atoms with Crippen LogP contribution < -0.4 is 5.32 Å². The monoisotopic (exact) mass is 299 g/mol. The molecule has 21 heavy (non-hydrogen) atoms. The van der Waals surface area contributed by atoms with Crippen molar-refractivity contribution in [1.29, 1.82) is 0 Å². The molecule has 0 saturated carbocycles. The highest BCUT2D eigenvalue weighted by Crippen LogP contribution is 2.19. The van der Waals surface area contributed by atoms with Gasteiger partial charge in [0.15, 0.2) is 0 Å². The van der Waals surface area contributed by atoms with E-state index >= 15 is 0 Å². The highest BCUT2D eigenvalue weighted by molar-refractivity contribution is 7.09. The third-order valence-electron chi connectivity index (χ3n) is 3.47. The Balaban J connectivity index is 1.46. The maximum atomic E-state index is 11.8. The molecule has 3 aromatic rings. The van der Waals surface area contributed by atoms with Crippen molar-refractivity contribution in [3.05, 3.63) is 52.6 Å². The normalized spacial score (nSPS) is 10.9. The first kappa shape index (κ1) is 13.8. The van der Waals surface area contributed by atoms with Gasteiger partial charge in [-0.1, -0.05) is 18.2 Å². The van der Waals surface area contributed by atoms with Crippen LogP contribution in [0.4, 0.5) is 0 Å². The lowest BCUT2D eigenvalue weighted by atomic mass is 10.1. The zero-order valence-electron chi connectivity index (χ0n) is 11.6. The molecule has 0 unspecified atom stereocenters. The molecule has 0 spiro atoms. The van der Waals surface area contributed by atoms with Gasteiger partial charge >= 0.3 is 0 Å². The molecule has 2 heterocycles. The first-order chi connectivity index (χ1) is 10.3. The number of aryl methyl sites for hydroxylation is 1. The van der Waals surface area contributed by atoms with E-state index in [0.717, 1.165) is 23.2 Å². The molecule has 5 heteroatoms. The summed E-state index contributed by atoms with van der Waals surface area (Å²) in [5, 5.41) is 4.18. The number of rotatable bonds is 6. The van der Waals surface area contributed by atoms with Crippen LogP contribution >= 0.6 is 11.3 Å². The molecular weight excluding hydrogens is 282 g/mol. The number of amides is 1. The van der Waals surface area contributed by atoms with Gasteiger partial charge in [0.2, 0.25) is 5.91 Å². The minimum atomic E-state index is 0.100. The number of aromatic amines is 1. The van der Waals surface area contributed by atoms with E-state index in [9.17, 15) is 4.79 Å². The minimum absolute atomic E-state index is 0.100. The van der Waals surface area contributed by atoms with E-state index in [1.165, 1.54) is 10.9 Å². The summed E-state index contributed by atoms with van der Waals surface area (Å²) in [5.74, 6) is 0.100. The first-order valence-corrected chi connectivity index (χ1v) is 7.90. The topological polar surface area (TPSA) is 57.8 Å². The van der Waals surface area contributed by atoms with Crippen molar-refractivity contribution < 1.29 is 4.79 Å². The van der Waals surface area contributed by atoms with E-state index in [0.29, 0.717) is 13.0 Å². The fraction of sp³-hybridized carbons (Fsp3) is 0.250. The second-order valence-corrected chi connectivity index (χ2v) is 5.93. The maximum absolute atomic E-state index is 11.8. The molecule has 0 saturated heterocycles. The zero-order chi connectivity index (χ0) is 14.5. The molecule has 0 radical (unpaired) electrons. The van der Waals surface area contributed by atoms with Crippen LogP contribution in [-0.2, 0) is 17.8 Å². The molecule has 2 N–H and O–H groups in total. The van der Waals surface area contributed by atoms with Gasteiger partial charge in [0.25, 0.3) is 0 Å². The number of hydrogen-bond acceptors (Lipinski definition) is 3. The standard InChI is InChI=1S/C16H17N3OS/c20-16(19-10-13-9-17-11-21-13)7-3-4-12-8-18-15-6-2-1-5-14(12)15/h1-2,5-6,8-9,11,18H,3-4,7,10H2,(H,19,20). The third-order valence-corrected chi connectivity index (χ3v) is 4.25. The number of nitrogens with zero attached hydrogens (tertiary/aromatic N) is 1. The Labute approximate surface area is 127 Å². The quantitative estimate of drug-likeness (QED) is 0.734. The summed E-state index contributed by atoms with van der Waals surface area (Å²) in [6.07, 6.45) is 6.16. The summed E-state index contributed by atoms with van der Waals surface area (Å²) >= 11 is 1.56. The van der Waals surface area contributed by atoms with Crippen molar-refractivity contribution in [3.8, 4) is 0 Å². The Bertz CT molecular complexity index is 718. The highest BCUT2D eigenvalue weighted by Gasteiger charge is 2.05. The minimum Gasteiger partial charge on any atom is -0.361 e. The van der Waals surface area contributed by atoms with E-state index < -0.39 is 0 Å². The van der Waals surface area contributed by atoms with Gasteiger partial charge in [0.1, 0.15) is 0 Å². The number of benzene rings is 1. The van der Waals surface area contributed by atoms with Crippen LogP contribution in [0.25, 0.3) is 10.9 Å². The Morgan fingerprint density at radius 3 is 3.10 bits per heavy atom. The Kier molecular flexibility index (Phi) is 4.31. The SMILES string of the molecule is O=C(CCCc1c[nH]c2ccccc12)NCc1cncs1. The number of H-pyrrole nitrogens is 1. The van der Waals surface area contributed by atoms with Crippen LogP contribution in [0, 0.1) is 0 Å². The molecule has 0 aliphatic rings. The number of aromatic nitrogens is 2. The number of nitrogens with one attached hydrogen (secondary N) is 2. The molecule has 0 aliphatic carbocycles. The van der Waals surface area contributed by atoms with Gasteiger partial charge in [0.05, 0.1) is 12.1 Å². The smallest absolute Gasteiger partial charge is 0.220 e. The van der Waals surface area contributed by atoms with Gasteiger partial charge in [-0.15, -0.1) is 11.3 Å². The van der Waals surface area contributed by atoms with Gasteiger partial charge in [-0.3, -0.25) is 9.78 Å². The molecule has 1 amide bonds. The van der Waals surface area contributed by atoms with E-state index in [-0.39, 0.29) is 5.91 Å². The van der Waals surface area contributed by atoms with E-state index in [4.69, 9.17) is 0 Å². The molecule has 0 atom stereocenters. The number of para-hydroxylation sites is 1. The van der Waals surface area contributed by atoms with Gasteiger partial charge < -0.3 is 10.3 Å². The summed E-state index contributed by atoms with van der Waals surface area (Å²) in [4.78, 5) is 20.1. The fourth-order valence-electron chi connectivity index (χ4n) is 2.38. The molecule has 0 bridgehead atoms. The number of carbonyl (C=O) groups excluding carboxylic acids is 1. The second-order valence-electron chi connectivity index (χ2n) is 4.96. The molecule has 4 nitrogen and oxygen atoms in total. The number of thiazole rings is 1. The van der Waals surface area contributed by atoms with Crippen LogP contribution in [0.1, 0.15) is 23.3 Å². The van der Waals surface area contributed by atoms with E-state index in [2.05, 4.69) is 27.4 Å². The molecule has 2 aromatic heterocycles. The van der Waals surface area contributed by atoms with E-state index in [1.807, 2.05) is 18.3 Å². The average molecular weight is 299 g/mol. The molecule has 108 valence electrons. The summed E-state index contributed by atoms with van der Waals surface area (Å²) in [7, 11) is 0. The lowest BCUT2D eigenvalue weighted by molar-refractivity contribution is -0.121. The van der Waals surface area contributed by atoms with Crippen molar-refractivity contribution in [2.45, 2.75) is 25.8 Å². The van der Waals surface area contributed by atoms with Crippen molar-refractivity contribution in [2.24, 2.45) is 0 Å². The first-order valence-electron chi connectivity index (χ1n) is 7.02. The van der Waals surface area contributed by atoms with Gasteiger partial charge in [0, 0.05) is 34.6 Å². The highest BCUT2D eigenvalue weighted by atomic mass is 32.1.